The number of carbonyl (C=O) groups excluding carboxylic acids is 1. The molecule has 3 fully saturated rings. The number of hydrogen-bond acceptors (Lipinski definition) is 4. The number of benzene rings is 1. The zero-order valence-corrected chi connectivity index (χ0v) is 17.6. The third-order valence-corrected chi connectivity index (χ3v) is 8.63. The van der Waals surface area contributed by atoms with Crippen LogP contribution in [-0.4, -0.2) is 56.4 Å². The van der Waals surface area contributed by atoms with Crippen LogP contribution in [0.5, 0.6) is 0 Å². The summed E-state index contributed by atoms with van der Waals surface area (Å²) in [6, 6.07) is 9.24. The lowest BCUT2D eigenvalue weighted by Gasteiger charge is -2.35. The summed E-state index contributed by atoms with van der Waals surface area (Å²) >= 11 is 0. The maximum absolute atomic E-state index is 12.3. The number of sulfone groups is 1. The van der Waals surface area contributed by atoms with E-state index in [1.807, 2.05) is 0 Å². The average molecular weight is 405 g/mol. The highest BCUT2D eigenvalue weighted by molar-refractivity contribution is 7.91. The maximum atomic E-state index is 12.3. The van der Waals surface area contributed by atoms with Crippen molar-refractivity contribution in [3.05, 3.63) is 35.4 Å². The van der Waals surface area contributed by atoms with Crippen molar-refractivity contribution in [1.82, 2.24) is 10.2 Å². The second kappa shape index (κ2) is 7.79. The summed E-state index contributed by atoms with van der Waals surface area (Å²) in [4.78, 5) is 14.8. The summed E-state index contributed by atoms with van der Waals surface area (Å²) in [5.74, 6) is 0.458. The van der Waals surface area contributed by atoms with E-state index in [0.29, 0.717) is 18.3 Å². The monoisotopic (exact) mass is 404 g/mol. The fourth-order valence-electron chi connectivity index (χ4n) is 4.84. The van der Waals surface area contributed by atoms with Gasteiger partial charge in [-0.3, -0.25) is 4.79 Å². The topological polar surface area (TPSA) is 66.5 Å². The first kappa shape index (κ1) is 19.9. The Hall–Kier alpha value is -1.40. The molecule has 28 heavy (non-hydrogen) atoms. The van der Waals surface area contributed by atoms with Crippen LogP contribution in [0, 0.1) is 12.8 Å². The first-order chi connectivity index (χ1) is 13.3. The number of aryl methyl sites for hydroxylation is 1. The van der Waals surface area contributed by atoms with Gasteiger partial charge < -0.3 is 10.2 Å². The van der Waals surface area contributed by atoms with E-state index >= 15 is 0 Å². The maximum Gasteiger partial charge on any atom is 0.220 e. The minimum Gasteiger partial charge on any atom is -0.353 e. The quantitative estimate of drug-likeness (QED) is 0.791. The molecule has 1 aliphatic carbocycles. The number of amides is 1. The van der Waals surface area contributed by atoms with Crippen LogP contribution in [0.2, 0.25) is 0 Å². The lowest BCUT2D eigenvalue weighted by molar-refractivity contribution is -0.122. The predicted molar refractivity (Wildman–Crippen MR) is 111 cm³/mol. The van der Waals surface area contributed by atoms with Crippen molar-refractivity contribution in [3.8, 4) is 0 Å². The summed E-state index contributed by atoms with van der Waals surface area (Å²) in [7, 11) is -2.91. The minimum absolute atomic E-state index is 0.00863. The number of rotatable bonds is 6. The first-order valence-electron chi connectivity index (χ1n) is 10.6. The van der Waals surface area contributed by atoms with E-state index in [4.69, 9.17) is 0 Å². The standard InChI is InChI=1S/C22H32N2O3S/c1-17-2-4-19(5-3-17)22(9-10-22)16-24-11-6-20(7-12-24)23-21(25)14-18-8-13-28(26,27)15-18/h2-5,18,20H,6-16H2,1H3,(H,23,25)/t18-/m0/s1. The van der Waals surface area contributed by atoms with Gasteiger partial charge in [0.2, 0.25) is 5.91 Å². The van der Waals surface area contributed by atoms with Gasteiger partial charge in [-0.1, -0.05) is 29.8 Å². The second-order valence-electron chi connectivity index (χ2n) is 9.24. The van der Waals surface area contributed by atoms with E-state index in [2.05, 4.69) is 41.4 Å². The molecule has 1 atom stereocenters. The van der Waals surface area contributed by atoms with Crippen LogP contribution in [-0.2, 0) is 20.0 Å². The average Bonchev–Trinajstić information content (AvgIpc) is 3.34. The van der Waals surface area contributed by atoms with Crippen LogP contribution in [0.15, 0.2) is 24.3 Å². The highest BCUT2D eigenvalue weighted by Crippen LogP contribution is 2.49. The molecule has 3 aliphatic rings. The molecule has 154 valence electrons. The van der Waals surface area contributed by atoms with Crippen molar-refractivity contribution >= 4 is 15.7 Å². The second-order valence-corrected chi connectivity index (χ2v) is 11.5. The van der Waals surface area contributed by atoms with Crippen LogP contribution in [0.3, 0.4) is 0 Å². The Morgan fingerprint density at radius 2 is 1.82 bits per heavy atom. The molecule has 6 heteroatoms. The van der Waals surface area contributed by atoms with Crippen molar-refractivity contribution in [3.63, 3.8) is 0 Å². The van der Waals surface area contributed by atoms with Gasteiger partial charge in [0.15, 0.2) is 9.84 Å². The molecule has 1 saturated carbocycles. The number of carbonyl (C=O) groups is 1. The van der Waals surface area contributed by atoms with E-state index in [1.54, 1.807) is 0 Å². The lowest BCUT2D eigenvalue weighted by Crippen LogP contribution is -2.46. The Bertz CT molecular complexity index is 807. The molecule has 1 N–H and O–H groups in total. The van der Waals surface area contributed by atoms with Gasteiger partial charge in [-0.05, 0) is 50.5 Å². The Morgan fingerprint density at radius 3 is 2.39 bits per heavy atom. The highest BCUT2D eigenvalue weighted by atomic mass is 32.2. The molecule has 1 aromatic rings. The summed E-state index contributed by atoms with van der Waals surface area (Å²) < 4.78 is 23.1. The lowest BCUT2D eigenvalue weighted by atomic mass is 9.93. The third-order valence-electron chi connectivity index (χ3n) is 6.80. The smallest absolute Gasteiger partial charge is 0.220 e. The fraction of sp³-hybridized carbons (Fsp3) is 0.682. The Kier molecular flexibility index (Phi) is 5.53. The van der Waals surface area contributed by atoms with E-state index in [9.17, 15) is 13.2 Å². The number of piperidine rings is 1. The number of hydrogen-bond donors (Lipinski definition) is 1. The predicted octanol–water partition coefficient (Wildman–Crippen LogP) is 2.43. The van der Waals surface area contributed by atoms with Crippen LogP contribution in [0.4, 0.5) is 0 Å². The zero-order chi connectivity index (χ0) is 19.8. The van der Waals surface area contributed by atoms with Crippen molar-refractivity contribution in [2.75, 3.05) is 31.1 Å². The molecule has 0 spiro atoms. The van der Waals surface area contributed by atoms with Gasteiger partial charge >= 0.3 is 0 Å². The number of nitrogens with zero attached hydrogens (tertiary/aromatic N) is 1. The summed E-state index contributed by atoms with van der Waals surface area (Å²) in [6.45, 7) is 5.30. The van der Waals surface area contributed by atoms with Crippen molar-refractivity contribution in [1.29, 1.82) is 0 Å². The Morgan fingerprint density at radius 1 is 1.14 bits per heavy atom. The minimum atomic E-state index is -2.91. The first-order valence-corrected chi connectivity index (χ1v) is 12.5. The van der Waals surface area contributed by atoms with Crippen LogP contribution in [0.25, 0.3) is 0 Å². The third kappa shape index (κ3) is 4.77. The van der Waals surface area contributed by atoms with Crippen LogP contribution < -0.4 is 5.32 Å². The number of likely N-dealkylation sites (tertiary alicyclic amines) is 1. The molecule has 4 rings (SSSR count). The Balaban J connectivity index is 1.22. The highest BCUT2D eigenvalue weighted by Gasteiger charge is 2.45. The molecule has 0 unspecified atom stereocenters. The molecule has 5 nitrogen and oxygen atoms in total. The van der Waals surface area contributed by atoms with E-state index < -0.39 is 9.84 Å². The zero-order valence-electron chi connectivity index (χ0n) is 16.8. The van der Waals surface area contributed by atoms with Crippen molar-refractivity contribution in [2.45, 2.75) is 56.9 Å². The van der Waals surface area contributed by atoms with Crippen molar-refractivity contribution < 1.29 is 13.2 Å². The van der Waals surface area contributed by atoms with Gasteiger partial charge in [0.1, 0.15) is 0 Å². The molecule has 2 heterocycles. The molecule has 0 aromatic heterocycles. The molecule has 1 amide bonds. The normalized spacial score (nSPS) is 26.8. The number of nitrogens with one attached hydrogen (secondary N) is 1. The summed E-state index contributed by atoms with van der Waals surface area (Å²) in [5.41, 5.74) is 3.13. The Labute approximate surface area is 168 Å². The van der Waals surface area contributed by atoms with E-state index in [0.717, 1.165) is 32.5 Å². The largest absolute Gasteiger partial charge is 0.353 e. The molecular formula is C22H32N2O3S. The van der Waals surface area contributed by atoms with Crippen LogP contribution in [0.1, 0.15) is 49.7 Å². The summed E-state index contributed by atoms with van der Waals surface area (Å²) in [6.07, 6.45) is 5.51. The van der Waals surface area contributed by atoms with Gasteiger partial charge in [0.05, 0.1) is 11.5 Å². The van der Waals surface area contributed by atoms with Crippen LogP contribution >= 0.6 is 0 Å². The molecule has 0 bridgehead atoms. The van der Waals surface area contributed by atoms with Gasteiger partial charge in [0.25, 0.3) is 0 Å². The fourth-order valence-corrected chi connectivity index (χ4v) is 6.70. The molecular weight excluding hydrogens is 372 g/mol. The van der Waals surface area contributed by atoms with Gasteiger partial charge in [-0.15, -0.1) is 0 Å². The molecule has 0 radical (unpaired) electrons. The van der Waals surface area contributed by atoms with Gasteiger partial charge in [-0.2, -0.15) is 0 Å². The van der Waals surface area contributed by atoms with Gasteiger partial charge in [0, 0.05) is 37.5 Å². The van der Waals surface area contributed by atoms with Gasteiger partial charge in [-0.25, -0.2) is 8.42 Å². The van der Waals surface area contributed by atoms with E-state index in [1.165, 1.54) is 24.0 Å². The van der Waals surface area contributed by atoms with E-state index in [-0.39, 0.29) is 29.4 Å². The van der Waals surface area contributed by atoms with Crippen molar-refractivity contribution in [2.24, 2.45) is 5.92 Å². The molecule has 1 aromatic carbocycles. The summed E-state index contributed by atoms with van der Waals surface area (Å²) in [5, 5.41) is 3.15. The SMILES string of the molecule is Cc1ccc(C2(CN3CCC(NC(=O)C[C@@H]4CCS(=O)(=O)C4)CC3)CC2)cc1. The molecule has 2 saturated heterocycles. The molecule has 2 aliphatic heterocycles.